The Hall–Kier alpha value is -2.22. The third-order valence-corrected chi connectivity index (χ3v) is 5.28. The van der Waals surface area contributed by atoms with Crippen LogP contribution in [0.4, 0.5) is 0 Å². The Balaban J connectivity index is 2.07. The number of sulfonamides is 1. The second-order valence-electron chi connectivity index (χ2n) is 5.57. The van der Waals surface area contributed by atoms with E-state index in [1.54, 1.807) is 43.3 Å². The monoisotopic (exact) mass is 393 g/mol. The van der Waals surface area contributed by atoms with Crippen molar-refractivity contribution in [3.05, 3.63) is 64.7 Å². The van der Waals surface area contributed by atoms with Gasteiger partial charge >= 0.3 is 0 Å². The van der Waals surface area contributed by atoms with E-state index in [4.69, 9.17) is 11.6 Å². The van der Waals surface area contributed by atoms with E-state index in [1.807, 2.05) is 6.92 Å². The van der Waals surface area contributed by atoms with Crippen molar-refractivity contribution in [3.8, 4) is 0 Å². The first kappa shape index (κ1) is 20.1. The molecule has 0 saturated carbocycles. The van der Waals surface area contributed by atoms with Crippen molar-refractivity contribution in [2.75, 3.05) is 6.54 Å². The first-order valence-corrected chi connectivity index (χ1v) is 9.90. The van der Waals surface area contributed by atoms with Crippen molar-refractivity contribution < 1.29 is 13.2 Å². The lowest BCUT2D eigenvalue weighted by atomic mass is 10.1. The average Bonchev–Trinajstić information content (AvgIpc) is 2.65. The van der Waals surface area contributed by atoms with E-state index in [1.165, 1.54) is 12.1 Å². The molecule has 0 bridgehead atoms. The molecule has 0 fully saturated rings. The van der Waals surface area contributed by atoms with Crippen LogP contribution in [0.15, 0.2) is 58.5 Å². The Morgan fingerprint density at radius 2 is 1.62 bits per heavy atom. The largest absolute Gasteiger partial charge is 0.271 e. The number of carbonyl (C=O) groups excluding carboxylic acids is 1. The highest BCUT2D eigenvalue weighted by Gasteiger charge is 2.13. The van der Waals surface area contributed by atoms with Crippen LogP contribution in [0, 0.1) is 0 Å². The zero-order valence-corrected chi connectivity index (χ0v) is 16.1. The first-order valence-electron chi connectivity index (χ1n) is 8.04. The summed E-state index contributed by atoms with van der Waals surface area (Å²) in [6, 6.07) is 12.8. The van der Waals surface area contributed by atoms with Gasteiger partial charge in [0.2, 0.25) is 10.0 Å². The SMILES string of the molecule is CCCNS(=O)(=O)c1ccc(/C(C)=N\NC(=O)c2ccc(Cl)cc2)cc1. The zero-order valence-electron chi connectivity index (χ0n) is 14.5. The quantitative estimate of drug-likeness (QED) is 0.559. The summed E-state index contributed by atoms with van der Waals surface area (Å²) in [6.45, 7) is 4.01. The third kappa shape index (κ3) is 5.39. The van der Waals surface area contributed by atoms with E-state index in [9.17, 15) is 13.2 Å². The molecule has 8 heteroatoms. The second kappa shape index (κ2) is 8.93. The van der Waals surface area contributed by atoms with Crippen LogP contribution in [-0.2, 0) is 10.0 Å². The van der Waals surface area contributed by atoms with Crippen LogP contribution in [0.25, 0.3) is 0 Å². The molecular weight excluding hydrogens is 374 g/mol. The molecule has 2 rings (SSSR count). The molecule has 1 amide bonds. The summed E-state index contributed by atoms with van der Waals surface area (Å²) >= 11 is 5.79. The van der Waals surface area contributed by atoms with E-state index in [2.05, 4.69) is 15.2 Å². The van der Waals surface area contributed by atoms with Crippen LogP contribution < -0.4 is 10.1 Å². The number of benzene rings is 2. The number of halogens is 1. The number of hydrogen-bond acceptors (Lipinski definition) is 4. The predicted molar refractivity (Wildman–Crippen MR) is 103 cm³/mol. The van der Waals surface area contributed by atoms with Gasteiger partial charge in [-0.3, -0.25) is 4.79 Å². The van der Waals surface area contributed by atoms with Gasteiger partial charge in [-0.2, -0.15) is 5.10 Å². The van der Waals surface area contributed by atoms with Gasteiger partial charge in [0.25, 0.3) is 5.91 Å². The van der Waals surface area contributed by atoms with Crippen molar-refractivity contribution in [1.82, 2.24) is 10.1 Å². The molecule has 2 aromatic carbocycles. The summed E-state index contributed by atoms with van der Waals surface area (Å²) in [4.78, 5) is 12.2. The molecule has 0 radical (unpaired) electrons. The third-order valence-electron chi connectivity index (χ3n) is 3.56. The normalized spacial score (nSPS) is 12.0. The van der Waals surface area contributed by atoms with Gasteiger partial charge < -0.3 is 0 Å². The minimum Gasteiger partial charge on any atom is -0.267 e. The number of rotatable bonds is 7. The van der Waals surface area contributed by atoms with Crippen molar-refractivity contribution in [2.24, 2.45) is 5.10 Å². The fourth-order valence-corrected chi connectivity index (χ4v) is 3.32. The Bertz CT molecular complexity index is 892. The van der Waals surface area contributed by atoms with Gasteiger partial charge in [0.15, 0.2) is 0 Å². The highest BCUT2D eigenvalue weighted by molar-refractivity contribution is 7.89. The van der Waals surface area contributed by atoms with Crippen LogP contribution >= 0.6 is 11.6 Å². The van der Waals surface area contributed by atoms with Crippen molar-refractivity contribution in [3.63, 3.8) is 0 Å². The lowest BCUT2D eigenvalue weighted by Crippen LogP contribution is -2.24. The molecule has 2 aromatic rings. The molecule has 138 valence electrons. The molecule has 6 nitrogen and oxygen atoms in total. The van der Waals surface area contributed by atoms with E-state index in [-0.39, 0.29) is 10.8 Å². The number of carbonyl (C=O) groups is 1. The van der Waals surface area contributed by atoms with Crippen molar-refractivity contribution in [2.45, 2.75) is 25.2 Å². The molecule has 0 aromatic heterocycles. The average molecular weight is 394 g/mol. The molecule has 0 atom stereocenters. The molecule has 0 saturated heterocycles. The lowest BCUT2D eigenvalue weighted by Gasteiger charge is -2.07. The van der Waals surface area contributed by atoms with E-state index in [0.29, 0.717) is 28.4 Å². The summed E-state index contributed by atoms with van der Waals surface area (Å²) < 4.78 is 26.6. The number of hydrazone groups is 1. The van der Waals surface area contributed by atoms with Crippen LogP contribution in [0.3, 0.4) is 0 Å². The maximum Gasteiger partial charge on any atom is 0.271 e. The van der Waals surface area contributed by atoms with E-state index < -0.39 is 10.0 Å². The van der Waals surface area contributed by atoms with Crippen molar-refractivity contribution in [1.29, 1.82) is 0 Å². The van der Waals surface area contributed by atoms with Crippen molar-refractivity contribution >= 4 is 33.2 Å². The number of amides is 1. The Morgan fingerprint density at radius 3 is 2.19 bits per heavy atom. The molecule has 0 unspecified atom stereocenters. The number of hydrogen-bond donors (Lipinski definition) is 2. The molecule has 0 heterocycles. The van der Waals surface area contributed by atoms with E-state index in [0.717, 1.165) is 6.42 Å². The summed E-state index contributed by atoms with van der Waals surface area (Å²) in [7, 11) is -3.50. The molecule has 0 aliphatic heterocycles. The summed E-state index contributed by atoms with van der Waals surface area (Å²) in [5.74, 6) is -0.357. The Morgan fingerprint density at radius 1 is 1.04 bits per heavy atom. The van der Waals surface area contributed by atoms with Gasteiger partial charge in [0.05, 0.1) is 10.6 Å². The molecule has 26 heavy (non-hydrogen) atoms. The van der Waals surface area contributed by atoms with Gasteiger partial charge in [-0.15, -0.1) is 0 Å². The number of nitrogens with zero attached hydrogens (tertiary/aromatic N) is 1. The van der Waals surface area contributed by atoms with Gasteiger partial charge in [0.1, 0.15) is 0 Å². The van der Waals surface area contributed by atoms with Crippen LogP contribution in [-0.4, -0.2) is 26.6 Å². The van der Waals surface area contributed by atoms with Crippen LogP contribution in [0.2, 0.25) is 5.02 Å². The fraction of sp³-hybridized carbons (Fsp3) is 0.222. The summed E-state index contributed by atoms with van der Waals surface area (Å²) in [5.41, 5.74) is 4.16. The van der Waals surface area contributed by atoms with Gasteiger partial charge in [0, 0.05) is 17.1 Å². The minimum absolute atomic E-state index is 0.188. The van der Waals surface area contributed by atoms with Crippen LogP contribution in [0.5, 0.6) is 0 Å². The maximum atomic E-state index is 12.1. The standard InChI is InChI=1S/C18H20ClN3O3S/c1-3-12-20-26(24,25)17-10-6-14(7-11-17)13(2)21-22-18(23)15-4-8-16(19)9-5-15/h4-11,20H,3,12H2,1-2H3,(H,22,23)/b21-13-. The van der Waals surface area contributed by atoms with Gasteiger partial charge in [-0.25, -0.2) is 18.6 Å². The first-order chi connectivity index (χ1) is 12.3. The highest BCUT2D eigenvalue weighted by atomic mass is 35.5. The second-order valence-corrected chi connectivity index (χ2v) is 7.77. The molecule has 0 aliphatic carbocycles. The lowest BCUT2D eigenvalue weighted by molar-refractivity contribution is 0.0955. The molecule has 2 N–H and O–H groups in total. The molecule has 0 aliphatic rings. The van der Waals surface area contributed by atoms with Crippen LogP contribution in [0.1, 0.15) is 36.2 Å². The van der Waals surface area contributed by atoms with Gasteiger partial charge in [-0.05, 0) is 55.3 Å². The summed E-state index contributed by atoms with van der Waals surface area (Å²) in [6.07, 6.45) is 0.719. The predicted octanol–water partition coefficient (Wildman–Crippen LogP) is 3.18. The minimum atomic E-state index is -3.50. The maximum absolute atomic E-state index is 12.1. The fourth-order valence-electron chi connectivity index (χ4n) is 2.06. The van der Waals surface area contributed by atoms with E-state index >= 15 is 0 Å². The molecule has 0 spiro atoms. The highest BCUT2D eigenvalue weighted by Crippen LogP contribution is 2.12. The number of nitrogens with one attached hydrogen (secondary N) is 2. The zero-order chi connectivity index (χ0) is 19.2. The summed E-state index contributed by atoms with van der Waals surface area (Å²) in [5, 5.41) is 4.60. The van der Waals surface area contributed by atoms with Gasteiger partial charge in [-0.1, -0.05) is 30.7 Å². The Kier molecular flexibility index (Phi) is 6.90. The Labute approximate surface area is 158 Å². The topological polar surface area (TPSA) is 87.6 Å². The molecular formula is C18H20ClN3O3S. The smallest absolute Gasteiger partial charge is 0.267 e.